The molecule has 0 aromatic carbocycles. The Bertz CT molecular complexity index is 462. The molecular weight excluding hydrogens is 284 g/mol. The van der Waals surface area contributed by atoms with Crippen LogP contribution in [0.4, 0.5) is 4.79 Å². The molecule has 1 aliphatic carbocycles. The van der Waals surface area contributed by atoms with Crippen LogP contribution in [0.1, 0.15) is 32.1 Å². The van der Waals surface area contributed by atoms with Crippen molar-refractivity contribution in [3.8, 4) is 0 Å². The van der Waals surface area contributed by atoms with Crippen molar-refractivity contribution in [3.63, 3.8) is 0 Å². The number of nitrogens with one attached hydrogen (secondary N) is 1. The van der Waals surface area contributed by atoms with Crippen LogP contribution in [0.5, 0.6) is 0 Å². The van der Waals surface area contributed by atoms with Crippen molar-refractivity contribution in [1.82, 2.24) is 20.0 Å². The number of amides is 4. The van der Waals surface area contributed by atoms with E-state index in [2.05, 4.69) is 10.2 Å². The zero-order chi connectivity index (χ0) is 15.5. The number of hydrogen-bond donors (Lipinski definition) is 1. The molecule has 3 rings (SSSR count). The summed E-state index contributed by atoms with van der Waals surface area (Å²) >= 11 is 0. The Morgan fingerprint density at radius 3 is 2.50 bits per heavy atom. The molecule has 0 bridgehead atoms. The maximum Gasteiger partial charge on any atom is 0.325 e. The lowest BCUT2D eigenvalue weighted by atomic mass is 10.2. The first kappa shape index (κ1) is 15.3. The predicted molar refractivity (Wildman–Crippen MR) is 80.1 cm³/mol. The van der Waals surface area contributed by atoms with E-state index in [-0.39, 0.29) is 24.9 Å². The molecule has 7 heteroatoms. The van der Waals surface area contributed by atoms with Crippen LogP contribution in [-0.4, -0.2) is 77.9 Å². The van der Waals surface area contributed by atoms with Crippen molar-refractivity contribution in [1.29, 1.82) is 0 Å². The molecule has 7 nitrogen and oxygen atoms in total. The second-order valence-electron chi connectivity index (χ2n) is 6.42. The molecule has 2 saturated heterocycles. The van der Waals surface area contributed by atoms with E-state index >= 15 is 0 Å². The standard InChI is InChI=1S/C15H24N4O3/c20-13-10-19(15(22)16-13)11-14(21)18-7-3-6-17(8-9-18)12-4-1-2-5-12/h12H,1-11H2,(H,16,20,22). The lowest BCUT2D eigenvalue weighted by Gasteiger charge is -2.27. The van der Waals surface area contributed by atoms with E-state index < -0.39 is 6.03 Å². The number of hydrogen-bond acceptors (Lipinski definition) is 4. The van der Waals surface area contributed by atoms with Crippen LogP contribution in [0.2, 0.25) is 0 Å². The number of urea groups is 1. The molecule has 0 aromatic rings. The third kappa shape index (κ3) is 3.40. The summed E-state index contributed by atoms with van der Waals surface area (Å²) in [6.45, 7) is 3.43. The van der Waals surface area contributed by atoms with E-state index in [1.807, 2.05) is 4.90 Å². The Labute approximate surface area is 130 Å². The molecule has 1 N–H and O–H groups in total. The van der Waals surface area contributed by atoms with Crippen LogP contribution < -0.4 is 5.32 Å². The van der Waals surface area contributed by atoms with Gasteiger partial charge in [-0.3, -0.25) is 19.8 Å². The topological polar surface area (TPSA) is 73.0 Å². The lowest BCUT2D eigenvalue weighted by molar-refractivity contribution is -0.131. The molecule has 0 spiro atoms. The zero-order valence-corrected chi connectivity index (χ0v) is 12.9. The third-order valence-electron chi connectivity index (χ3n) is 4.92. The summed E-state index contributed by atoms with van der Waals surface area (Å²) in [5.41, 5.74) is 0. The largest absolute Gasteiger partial charge is 0.340 e. The zero-order valence-electron chi connectivity index (χ0n) is 12.9. The summed E-state index contributed by atoms with van der Waals surface area (Å²) in [5, 5.41) is 2.20. The second kappa shape index (κ2) is 6.64. The molecule has 0 aromatic heterocycles. The van der Waals surface area contributed by atoms with Crippen molar-refractivity contribution in [3.05, 3.63) is 0 Å². The summed E-state index contributed by atoms with van der Waals surface area (Å²) in [7, 11) is 0. The molecule has 3 aliphatic rings. The Morgan fingerprint density at radius 2 is 1.82 bits per heavy atom. The Kier molecular flexibility index (Phi) is 4.61. The van der Waals surface area contributed by atoms with Crippen molar-refractivity contribution in [2.45, 2.75) is 38.1 Å². The van der Waals surface area contributed by atoms with Gasteiger partial charge in [0.2, 0.25) is 11.8 Å². The number of carbonyl (C=O) groups is 3. The highest BCUT2D eigenvalue weighted by atomic mass is 16.2. The van der Waals surface area contributed by atoms with Crippen LogP contribution >= 0.6 is 0 Å². The van der Waals surface area contributed by atoms with Crippen LogP contribution in [0.15, 0.2) is 0 Å². The fourth-order valence-corrected chi connectivity index (χ4v) is 3.70. The molecular formula is C15H24N4O3. The average molecular weight is 308 g/mol. The van der Waals surface area contributed by atoms with E-state index in [0.29, 0.717) is 6.04 Å². The molecule has 2 aliphatic heterocycles. The smallest absolute Gasteiger partial charge is 0.325 e. The Morgan fingerprint density at radius 1 is 1.05 bits per heavy atom. The summed E-state index contributed by atoms with van der Waals surface area (Å²) in [6, 6.07) is 0.234. The van der Waals surface area contributed by atoms with Gasteiger partial charge < -0.3 is 9.80 Å². The van der Waals surface area contributed by atoms with E-state index in [4.69, 9.17) is 0 Å². The van der Waals surface area contributed by atoms with Gasteiger partial charge in [0.25, 0.3) is 0 Å². The van der Waals surface area contributed by atoms with Gasteiger partial charge >= 0.3 is 6.03 Å². The van der Waals surface area contributed by atoms with Crippen LogP contribution in [0.3, 0.4) is 0 Å². The number of nitrogens with zero attached hydrogens (tertiary/aromatic N) is 3. The molecule has 0 atom stereocenters. The molecule has 2 heterocycles. The maximum absolute atomic E-state index is 12.4. The first-order chi connectivity index (χ1) is 10.6. The van der Waals surface area contributed by atoms with E-state index in [9.17, 15) is 14.4 Å². The molecule has 22 heavy (non-hydrogen) atoms. The van der Waals surface area contributed by atoms with E-state index in [1.165, 1.54) is 30.6 Å². The fourth-order valence-electron chi connectivity index (χ4n) is 3.70. The SMILES string of the molecule is O=C1CN(CC(=O)N2CCCN(C3CCCC3)CC2)C(=O)N1. The minimum Gasteiger partial charge on any atom is -0.340 e. The van der Waals surface area contributed by atoms with E-state index in [1.54, 1.807) is 0 Å². The van der Waals surface area contributed by atoms with Crippen LogP contribution in [0.25, 0.3) is 0 Å². The van der Waals surface area contributed by atoms with Gasteiger partial charge in [0.05, 0.1) is 0 Å². The Hall–Kier alpha value is -1.63. The lowest BCUT2D eigenvalue weighted by Crippen LogP contribution is -2.43. The number of imide groups is 1. The van der Waals surface area contributed by atoms with Gasteiger partial charge in [0, 0.05) is 32.2 Å². The highest BCUT2D eigenvalue weighted by Crippen LogP contribution is 2.24. The van der Waals surface area contributed by atoms with Crippen LogP contribution in [-0.2, 0) is 9.59 Å². The monoisotopic (exact) mass is 308 g/mol. The minimum atomic E-state index is -0.458. The summed E-state index contributed by atoms with van der Waals surface area (Å²) in [4.78, 5) is 40.7. The quantitative estimate of drug-likeness (QED) is 0.746. The fraction of sp³-hybridized carbons (Fsp3) is 0.800. The van der Waals surface area contributed by atoms with Crippen molar-refractivity contribution < 1.29 is 14.4 Å². The molecule has 3 fully saturated rings. The normalized spacial score (nSPS) is 24.7. The highest BCUT2D eigenvalue weighted by molar-refractivity contribution is 6.03. The van der Waals surface area contributed by atoms with Crippen molar-refractivity contribution in [2.24, 2.45) is 0 Å². The second-order valence-corrected chi connectivity index (χ2v) is 6.42. The van der Waals surface area contributed by atoms with Gasteiger partial charge in [-0.15, -0.1) is 0 Å². The van der Waals surface area contributed by atoms with Gasteiger partial charge in [-0.2, -0.15) is 0 Å². The molecule has 1 saturated carbocycles. The summed E-state index contributed by atoms with van der Waals surface area (Å²) in [5.74, 6) is -0.390. The third-order valence-corrected chi connectivity index (χ3v) is 4.92. The molecule has 0 radical (unpaired) electrons. The first-order valence-electron chi connectivity index (χ1n) is 8.24. The molecule has 122 valence electrons. The summed E-state index contributed by atoms with van der Waals surface area (Å²) in [6.07, 6.45) is 6.19. The van der Waals surface area contributed by atoms with Crippen molar-refractivity contribution in [2.75, 3.05) is 39.3 Å². The van der Waals surface area contributed by atoms with Gasteiger partial charge in [-0.25, -0.2) is 4.79 Å². The highest BCUT2D eigenvalue weighted by Gasteiger charge is 2.31. The van der Waals surface area contributed by atoms with Gasteiger partial charge in [-0.05, 0) is 19.3 Å². The predicted octanol–water partition coefficient (Wildman–Crippen LogP) is 0.0151. The first-order valence-corrected chi connectivity index (χ1v) is 8.24. The Balaban J connectivity index is 1.50. The van der Waals surface area contributed by atoms with Gasteiger partial charge in [-0.1, -0.05) is 12.8 Å². The van der Waals surface area contributed by atoms with E-state index in [0.717, 1.165) is 32.6 Å². The van der Waals surface area contributed by atoms with Gasteiger partial charge in [0.1, 0.15) is 13.1 Å². The molecule has 4 amide bonds. The van der Waals surface area contributed by atoms with Crippen molar-refractivity contribution >= 4 is 17.8 Å². The maximum atomic E-state index is 12.4. The average Bonchev–Trinajstić information content (AvgIpc) is 3.03. The van der Waals surface area contributed by atoms with Crippen LogP contribution in [0, 0.1) is 0 Å². The number of carbonyl (C=O) groups excluding carboxylic acids is 3. The number of rotatable bonds is 3. The molecule has 0 unspecified atom stereocenters. The van der Waals surface area contributed by atoms with Gasteiger partial charge in [0.15, 0.2) is 0 Å². The minimum absolute atomic E-state index is 0.000994. The summed E-state index contributed by atoms with van der Waals surface area (Å²) < 4.78 is 0.